The first kappa shape index (κ1) is 43.1. The molecule has 1 aliphatic carbocycles. The standard InChI is InChI=1S/C38H52N6O3.2C2H6/c1-7-28(3)12-13-29(4)38(47)43-26-33-11-9-10-30(16-19-35(45)42-22-20-40-21-23-42)24-34(33)44(36(46)27-43)25-31-14-17-32(18-15-31)37(39-5)41(6)8-2;2*1-2/h7,9-15,17-18,24,30,38,40,47H,4,8,16,19-23,25-27H2,1-3,5-6H3;2*1-2H3/b13-12-,28-7-,39-37?;;. The molecular formula is C42H64N6O3. The summed E-state index contributed by atoms with van der Waals surface area (Å²) in [7, 11) is 3.82. The maximum absolute atomic E-state index is 14.1. The summed E-state index contributed by atoms with van der Waals surface area (Å²) < 4.78 is 0. The van der Waals surface area contributed by atoms with Gasteiger partial charge in [-0.3, -0.25) is 19.5 Å². The predicted molar refractivity (Wildman–Crippen MR) is 213 cm³/mol. The summed E-state index contributed by atoms with van der Waals surface area (Å²) in [6, 6.07) is 8.20. The molecule has 2 amide bonds. The molecule has 2 aliphatic heterocycles. The smallest absolute Gasteiger partial charge is 0.241 e. The van der Waals surface area contributed by atoms with Crippen molar-refractivity contribution in [2.75, 3.05) is 59.9 Å². The Morgan fingerprint density at radius 3 is 2.39 bits per heavy atom. The van der Waals surface area contributed by atoms with E-state index in [2.05, 4.69) is 53.0 Å². The van der Waals surface area contributed by atoms with Crippen LogP contribution in [0.25, 0.3) is 0 Å². The normalized spacial score (nSPS) is 19.0. The first-order chi connectivity index (χ1) is 24.6. The average molecular weight is 701 g/mol. The molecule has 1 aromatic carbocycles. The first-order valence-corrected chi connectivity index (χ1v) is 18.7. The average Bonchev–Trinajstić information content (AvgIpc) is 3.45. The van der Waals surface area contributed by atoms with E-state index in [1.165, 1.54) is 0 Å². The van der Waals surface area contributed by atoms with Crippen LogP contribution in [0.3, 0.4) is 0 Å². The zero-order valence-corrected chi connectivity index (χ0v) is 32.8. The number of hydrogen-bond donors (Lipinski definition) is 2. The molecule has 0 saturated carbocycles. The summed E-state index contributed by atoms with van der Waals surface area (Å²) in [5.41, 5.74) is 5.35. The number of hydrogen-bond acceptors (Lipinski definition) is 6. The van der Waals surface area contributed by atoms with Crippen LogP contribution in [0.5, 0.6) is 0 Å². The Labute approximate surface area is 308 Å². The zero-order valence-electron chi connectivity index (χ0n) is 32.8. The molecule has 9 heteroatoms. The third-order valence-electron chi connectivity index (χ3n) is 9.12. The molecule has 2 saturated heterocycles. The van der Waals surface area contributed by atoms with Crippen LogP contribution in [-0.4, -0.2) is 108 Å². The van der Waals surface area contributed by atoms with Gasteiger partial charge in [-0.15, -0.1) is 0 Å². The largest absolute Gasteiger partial charge is 0.374 e. The van der Waals surface area contributed by atoms with Gasteiger partial charge in [0.25, 0.3) is 0 Å². The van der Waals surface area contributed by atoms with Crippen LogP contribution in [0, 0.1) is 5.92 Å². The van der Waals surface area contributed by atoms with E-state index in [0.29, 0.717) is 31.5 Å². The molecule has 2 heterocycles. The van der Waals surface area contributed by atoms with Crippen LogP contribution >= 0.6 is 0 Å². The predicted octanol–water partition coefficient (Wildman–Crippen LogP) is 6.32. The lowest BCUT2D eigenvalue weighted by Crippen LogP contribution is -2.46. The van der Waals surface area contributed by atoms with Gasteiger partial charge in [-0.25, -0.2) is 0 Å². The van der Waals surface area contributed by atoms with Gasteiger partial charge in [0.05, 0.1) is 13.1 Å². The van der Waals surface area contributed by atoms with Crippen molar-refractivity contribution >= 4 is 17.6 Å². The van der Waals surface area contributed by atoms with Gasteiger partial charge in [0, 0.05) is 71.0 Å². The van der Waals surface area contributed by atoms with Gasteiger partial charge in [0.1, 0.15) is 12.1 Å². The number of fused-ring (bicyclic) bond motifs is 1. The van der Waals surface area contributed by atoms with E-state index in [-0.39, 0.29) is 24.3 Å². The third-order valence-corrected chi connectivity index (χ3v) is 9.12. The fourth-order valence-electron chi connectivity index (χ4n) is 5.99. The molecule has 0 radical (unpaired) electrons. The van der Waals surface area contributed by atoms with Gasteiger partial charge in [0.15, 0.2) is 0 Å². The molecule has 9 nitrogen and oxygen atoms in total. The van der Waals surface area contributed by atoms with E-state index in [1.54, 1.807) is 11.9 Å². The number of aliphatic hydroxyl groups is 1. The maximum Gasteiger partial charge on any atom is 0.241 e. The van der Waals surface area contributed by atoms with Gasteiger partial charge in [-0.1, -0.05) is 107 Å². The van der Waals surface area contributed by atoms with E-state index < -0.39 is 6.23 Å². The fraction of sp³-hybridized carbons (Fsp3) is 0.500. The Kier molecular flexibility index (Phi) is 19.2. The van der Waals surface area contributed by atoms with Crippen LogP contribution < -0.4 is 5.32 Å². The number of rotatable bonds is 11. The minimum absolute atomic E-state index is 0.0191. The van der Waals surface area contributed by atoms with E-state index in [4.69, 9.17) is 0 Å². The highest BCUT2D eigenvalue weighted by Gasteiger charge is 2.33. The van der Waals surface area contributed by atoms with Gasteiger partial charge in [-0.05, 0) is 49.8 Å². The van der Waals surface area contributed by atoms with Crippen molar-refractivity contribution in [1.82, 2.24) is 24.9 Å². The monoisotopic (exact) mass is 701 g/mol. The van der Waals surface area contributed by atoms with Gasteiger partial charge in [0.2, 0.25) is 11.8 Å². The minimum atomic E-state index is -1.02. The van der Waals surface area contributed by atoms with Crippen molar-refractivity contribution in [3.8, 4) is 0 Å². The lowest BCUT2D eigenvalue weighted by Gasteiger charge is -2.28. The minimum Gasteiger partial charge on any atom is -0.374 e. The van der Waals surface area contributed by atoms with Crippen LogP contribution in [0.4, 0.5) is 0 Å². The SMILES string of the molecule is C=C(/C=C\C(C)=C/C)C(O)N1CC(=O)N(Cc2ccc(C(=NC)N(C)CC)cc2)C2=CC(CCC(=O)N3CCNCC3)C=CC=C2C1.CC.CC. The Hall–Kier alpha value is -4.05. The lowest BCUT2D eigenvalue weighted by atomic mass is 9.99. The highest BCUT2D eigenvalue weighted by Crippen LogP contribution is 2.30. The number of amidine groups is 1. The third kappa shape index (κ3) is 12.6. The summed E-state index contributed by atoms with van der Waals surface area (Å²) in [6.45, 7) is 22.9. The topological polar surface area (TPSA) is 91.7 Å². The number of carbonyl (C=O) groups excluding carboxylic acids is 2. The van der Waals surface area contributed by atoms with Gasteiger partial charge >= 0.3 is 0 Å². The zero-order chi connectivity index (χ0) is 37.9. The molecule has 2 atom stereocenters. The number of carbonyl (C=O) groups is 2. The van der Waals surface area contributed by atoms with E-state index in [0.717, 1.165) is 66.5 Å². The number of amides is 2. The van der Waals surface area contributed by atoms with Crippen molar-refractivity contribution in [3.63, 3.8) is 0 Å². The summed E-state index contributed by atoms with van der Waals surface area (Å²) in [6.07, 6.45) is 14.1. The molecule has 3 aliphatic rings. The lowest BCUT2D eigenvalue weighted by molar-refractivity contribution is -0.132. The maximum atomic E-state index is 14.1. The van der Waals surface area contributed by atoms with Crippen molar-refractivity contribution in [1.29, 1.82) is 0 Å². The number of nitrogens with one attached hydrogen (secondary N) is 1. The summed E-state index contributed by atoms with van der Waals surface area (Å²) in [5, 5.41) is 14.7. The molecule has 1 aromatic rings. The number of benzene rings is 1. The van der Waals surface area contributed by atoms with E-state index in [9.17, 15) is 14.7 Å². The van der Waals surface area contributed by atoms with Crippen molar-refractivity contribution in [2.24, 2.45) is 10.9 Å². The number of allylic oxidation sites excluding steroid dienone is 7. The summed E-state index contributed by atoms with van der Waals surface area (Å²) >= 11 is 0. The quantitative estimate of drug-likeness (QED) is 0.160. The Morgan fingerprint density at radius 2 is 1.78 bits per heavy atom. The molecule has 2 N–H and O–H groups in total. The molecule has 280 valence electrons. The van der Waals surface area contributed by atoms with Gasteiger partial charge < -0.3 is 25.1 Å². The molecule has 4 rings (SSSR count). The number of aliphatic hydroxyl groups excluding tert-OH is 1. The molecule has 0 aromatic heterocycles. The first-order valence-electron chi connectivity index (χ1n) is 18.7. The Bertz CT molecular complexity index is 1460. The van der Waals surface area contributed by atoms with E-state index >= 15 is 0 Å². The second kappa shape index (κ2) is 22.7. The van der Waals surface area contributed by atoms with Crippen LogP contribution in [0.1, 0.15) is 72.4 Å². The van der Waals surface area contributed by atoms with Crippen molar-refractivity contribution < 1.29 is 14.7 Å². The van der Waals surface area contributed by atoms with Crippen LogP contribution in [-0.2, 0) is 16.1 Å². The fourth-order valence-corrected chi connectivity index (χ4v) is 5.99. The Balaban J connectivity index is 0.00000217. The van der Waals surface area contributed by atoms with Crippen molar-refractivity contribution in [2.45, 2.75) is 74.1 Å². The Morgan fingerprint density at radius 1 is 1.12 bits per heavy atom. The number of piperazine rings is 1. The summed E-state index contributed by atoms with van der Waals surface area (Å²) in [4.78, 5) is 39.2. The molecular weight excluding hydrogens is 637 g/mol. The van der Waals surface area contributed by atoms with E-state index in [1.807, 2.05) is 101 Å². The number of nitrogens with zero attached hydrogens (tertiary/aromatic N) is 5. The molecule has 2 unspecified atom stereocenters. The second-order valence-corrected chi connectivity index (χ2v) is 12.4. The number of aliphatic imine (C=N–C) groups is 1. The van der Waals surface area contributed by atoms with Gasteiger partial charge in [-0.2, -0.15) is 0 Å². The molecule has 0 bridgehead atoms. The highest BCUT2D eigenvalue weighted by molar-refractivity contribution is 5.98. The highest BCUT2D eigenvalue weighted by atomic mass is 16.3. The van der Waals surface area contributed by atoms with Crippen LogP contribution in [0.2, 0.25) is 0 Å². The van der Waals surface area contributed by atoms with Crippen LogP contribution in [0.15, 0.2) is 101 Å². The summed E-state index contributed by atoms with van der Waals surface area (Å²) in [5.74, 6) is 0.953. The molecule has 0 spiro atoms. The second-order valence-electron chi connectivity index (χ2n) is 12.4. The molecule has 51 heavy (non-hydrogen) atoms. The molecule has 2 fully saturated rings. The van der Waals surface area contributed by atoms with Crippen molar-refractivity contribution in [3.05, 3.63) is 107 Å².